The fourth-order valence-electron chi connectivity index (χ4n) is 3.66. The lowest BCUT2D eigenvalue weighted by Gasteiger charge is -2.30. The van der Waals surface area contributed by atoms with Crippen molar-refractivity contribution in [1.82, 2.24) is 14.2 Å². The minimum atomic E-state index is -3.62. The Bertz CT molecular complexity index is 990. The van der Waals surface area contributed by atoms with Crippen molar-refractivity contribution in [2.24, 2.45) is 0 Å². The molecule has 0 aliphatic carbocycles. The van der Waals surface area contributed by atoms with Crippen LogP contribution >= 0.6 is 0 Å². The van der Waals surface area contributed by atoms with E-state index >= 15 is 0 Å². The summed E-state index contributed by atoms with van der Waals surface area (Å²) in [6.45, 7) is 2.91. The number of likely N-dealkylation sites (N-methyl/N-ethyl adjacent to an activating group) is 1. The minimum absolute atomic E-state index is 0.161. The van der Waals surface area contributed by atoms with Crippen LogP contribution in [0.5, 0.6) is 5.75 Å². The molecule has 142 valence electrons. The molecule has 1 spiro atoms. The molecule has 0 N–H and O–H groups in total. The van der Waals surface area contributed by atoms with E-state index in [0.29, 0.717) is 31.0 Å². The highest BCUT2D eigenvalue weighted by Crippen LogP contribution is 2.37. The molecule has 1 aromatic heterocycles. The summed E-state index contributed by atoms with van der Waals surface area (Å²) >= 11 is 0. The number of pyridine rings is 1. The maximum atomic E-state index is 12.8. The van der Waals surface area contributed by atoms with Gasteiger partial charge in [0.05, 0.1) is 13.1 Å². The van der Waals surface area contributed by atoms with E-state index in [1.54, 1.807) is 48.5 Å². The number of para-hydroxylation sites is 1. The average molecular weight is 387 g/mol. The number of hydrogen-bond donors (Lipinski definition) is 0. The van der Waals surface area contributed by atoms with Gasteiger partial charge >= 0.3 is 0 Å². The molecule has 2 aromatic rings. The smallest absolute Gasteiger partial charge is 0.272 e. The highest BCUT2D eigenvalue weighted by Gasteiger charge is 2.47. The molecule has 3 heterocycles. The topological polar surface area (TPSA) is 79.8 Å². The number of nitrogens with zero attached hydrogens (tertiary/aromatic N) is 3. The van der Waals surface area contributed by atoms with Gasteiger partial charge in [-0.05, 0) is 30.7 Å². The Morgan fingerprint density at radius 1 is 1.19 bits per heavy atom. The maximum absolute atomic E-state index is 12.8. The molecule has 0 radical (unpaired) electrons. The molecule has 2 aliphatic heterocycles. The normalized spacial score (nSPS) is 24.3. The summed E-state index contributed by atoms with van der Waals surface area (Å²) in [6, 6.07) is 10.2. The molecular weight excluding hydrogens is 366 g/mol. The highest BCUT2D eigenvalue weighted by molar-refractivity contribution is 7.89. The van der Waals surface area contributed by atoms with E-state index in [0.717, 1.165) is 5.56 Å². The first-order valence-corrected chi connectivity index (χ1v) is 10.2. The van der Waals surface area contributed by atoms with Crippen molar-refractivity contribution in [2.45, 2.75) is 23.8 Å². The number of fused-ring (bicyclic) bond motifs is 1. The SMILES string of the molecule is Cc1ccc(C(=O)N2CC[C@@]3(C2)CN(C)S(=O)(=O)c2ccccc2O3)nc1. The predicted octanol–water partition coefficient (Wildman–Crippen LogP) is 1.69. The molecule has 7 nitrogen and oxygen atoms in total. The first-order chi connectivity index (χ1) is 12.8. The third-order valence-corrected chi connectivity index (χ3v) is 6.95. The second kappa shape index (κ2) is 6.31. The van der Waals surface area contributed by atoms with Gasteiger partial charge in [-0.3, -0.25) is 9.78 Å². The summed E-state index contributed by atoms with van der Waals surface area (Å²) in [7, 11) is -2.07. The summed E-state index contributed by atoms with van der Waals surface area (Å²) in [5.41, 5.74) is 0.599. The van der Waals surface area contributed by atoms with E-state index in [4.69, 9.17) is 4.74 Å². The van der Waals surface area contributed by atoms with Gasteiger partial charge in [-0.25, -0.2) is 8.42 Å². The molecule has 0 bridgehead atoms. The van der Waals surface area contributed by atoms with Crippen LogP contribution in [0.3, 0.4) is 0 Å². The molecule has 1 amide bonds. The Balaban J connectivity index is 1.63. The van der Waals surface area contributed by atoms with E-state index < -0.39 is 15.6 Å². The van der Waals surface area contributed by atoms with Crippen LogP contribution in [-0.2, 0) is 10.0 Å². The van der Waals surface area contributed by atoms with Crippen LogP contribution in [0.15, 0.2) is 47.5 Å². The quantitative estimate of drug-likeness (QED) is 0.744. The van der Waals surface area contributed by atoms with Crippen molar-refractivity contribution in [1.29, 1.82) is 0 Å². The number of sulfonamides is 1. The van der Waals surface area contributed by atoms with E-state index in [9.17, 15) is 13.2 Å². The predicted molar refractivity (Wildman–Crippen MR) is 99.1 cm³/mol. The lowest BCUT2D eigenvalue weighted by Crippen LogP contribution is -2.48. The Hall–Kier alpha value is -2.45. The van der Waals surface area contributed by atoms with Crippen molar-refractivity contribution in [3.63, 3.8) is 0 Å². The maximum Gasteiger partial charge on any atom is 0.272 e. The lowest BCUT2D eigenvalue weighted by molar-refractivity contribution is 0.0541. The zero-order valence-corrected chi connectivity index (χ0v) is 16.1. The van der Waals surface area contributed by atoms with Crippen LogP contribution in [0.2, 0.25) is 0 Å². The fourth-order valence-corrected chi connectivity index (χ4v) is 5.01. The van der Waals surface area contributed by atoms with E-state index in [1.165, 1.54) is 4.31 Å². The van der Waals surface area contributed by atoms with Gasteiger partial charge in [0.25, 0.3) is 5.91 Å². The second-order valence-corrected chi connectivity index (χ2v) is 9.20. The Morgan fingerprint density at radius 3 is 2.70 bits per heavy atom. The minimum Gasteiger partial charge on any atom is -0.483 e. The molecule has 0 unspecified atom stereocenters. The molecular formula is C19H21N3O4S. The van der Waals surface area contributed by atoms with Gasteiger partial charge in [-0.15, -0.1) is 0 Å². The van der Waals surface area contributed by atoms with Crippen molar-refractivity contribution in [3.8, 4) is 5.75 Å². The molecule has 1 atom stereocenters. The largest absolute Gasteiger partial charge is 0.483 e. The highest BCUT2D eigenvalue weighted by atomic mass is 32.2. The van der Waals surface area contributed by atoms with Crippen LogP contribution in [0.1, 0.15) is 22.5 Å². The molecule has 1 aromatic carbocycles. The zero-order chi connectivity index (χ0) is 19.2. The third-order valence-electron chi connectivity index (χ3n) is 5.11. The number of benzene rings is 1. The van der Waals surface area contributed by atoms with Gasteiger partial charge < -0.3 is 9.64 Å². The Kier molecular flexibility index (Phi) is 4.20. The van der Waals surface area contributed by atoms with Crippen LogP contribution in [0.4, 0.5) is 0 Å². The average Bonchev–Trinajstić information content (AvgIpc) is 3.02. The molecule has 1 saturated heterocycles. The van der Waals surface area contributed by atoms with Gasteiger partial charge in [0.2, 0.25) is 10.0 Å². The number of carbonyl (C=O) groups is 1. The van der Waals surface area contributed by atoms with E-state index in [2.05, 4.69) is 4.98 Å². The number of rotatable bonds is 1. The molecule has 27 heavy (non-hydrogen) atoms. The number of hydrogen-bond acceptors (Lipinski definition) is 5. The van der Waals surface area contributed by atoms with Gasteiger partial charge in [0.15, 0.2) is 0 Å². The van der Waals surface area contributed by atoms with Crippen LogP contribution < -0.4 is 4.74 Å². The standard InChI is InChI=1S/C19H21N3O4S/c1-14-7-8-15(20-11-14)18(23)22-10-9-19(13-22)12-21(2)27(24,25)17-6-4-3-5-16(17)26-19/h3-8,11H,9-10,12-13H2,1-2H3/t19-/m0/s1. The summed E-state index contributed by atoms with van der Waals surface area (Å²) < 4.78 is 33.1. The number of ether oxygens (including phenoxy) is 1. The summed E-state index contributed by atoms with van der Waals surface area (Å²) in [6.07, 6.45) is 2.22. The molecule has 1 fully saturated rings. The van der Waals surface area contributed by atoms with Crippen molar-refractivity contribution in [2.75, 3.05) is 26.7 Å². The fraction of sp³-hybridized carbons (Fsp3) is 0.368. The summed E-state index contributed by atoms with van der Waals surface area (Å²) in [5, 5.41) is 0. The third kappa shape index (κ3) is 3.08. The molecule has 0 saturated carbocycles. The number of likely N-dealkylation sites (tertiary alicyclic amines) is 1. The van der Waals surface area contributed by atoms with Crippen LogP contribution in [0.25, 0.3) is 0 Å². The van der Waals surface area contributed by atoms with E-state index in [1.807, 2.05) is 13.0 Å². The number of aromatic nitrogens is 1. The van der Waals surface area contributed by atoms with E-state index in [-0.39, 0.29) is 17.3 Å². The monoisotopic (exact) mass is 387 g/mol. The number of carbonyl (C=O) groups excluding carboxylic acids is 1. The van der Waals surface area contributed by atoms with Gasteiger partial charge in [-0.2, -0.15) is 4.31 Å². The molecule has 4 rings (SSSR count). The number of amides is 1. The summed E-state index contributed by atoms with van der Waals surface area (Å²) in [5.74, 6) is 0.170. The van der Waals surface area contributed by atoms with Crippen molar-refractivity contribution < 1.29 is 17.9 Å². The molecule has 2 aliphatic rings. The van der Waals surface area contributed by atoms with Gasteiger partial charge in [0, 0.05) is 26.2 Å². The molecule has 8 heteroatoms. The summed E-state index contributed by atoms with van der Waals surface area (Å²) in [4.78, 5) is 18.9. The van der Waals surface area contributed by atoms with Crippen LogP contribution in [0, 0.1) is 6.92 Å². The van der Waals surface area contributed by atoms with Crippen molar-refractivity contribution >= 4 is 15.9 Å². The zero-order valence-electron chi connectivity index (χ0n) is 15.3. The first-order valence-electron chi connectivity index (χ1n) is 8.77. The first kappa shape index (κ1) is 17.9. The second-order valence-electron chi connectivity index (χ2n) is 7.19. The Labute approximate surface area is 158 Å². The van der Waals surface area contributed by atoms with Crippen molar-refractivity contribution in [3.05, 3.63) is 53.9 Å². The number of aryl methyl sites for hydroxylation is 1. The lowest BCUT2D eigenvalue weighted by atomic mass is 10.0. The van der Waals surface area contributed by atoms with Gasteiger partial charge in [-0.1, -0.05) is 18.2 Å². The van der Waals surface area contributed by atoms with Crippen LogP contribution in [-0.4, -0.2) is 60.8 Å². The Morgan fingerprint density at radius 2 is 1.96 bits per heavy atom. The van der Waals surface area contributed by atoms with Gasteiger partial charge in [0.1, 0.15) is 21.9 Å².